The molecule has 0 radical (unpaired) electrons. The number of alkyl halides is 2. The standard InChI is InChI=1S/C34H41F3N6O4/c1-3-29(44)39-28(32(46)43-16-14-42(2)15-17-43)20-22-12-13-27(26(35)19-22)40-31(45)30(24-9-5-4-6-10-24)41-33(47)34(36,37)25-11-7-8-23(18-25)21-38/h7-8,11-13,18-19,24,28,30H,3-6,9-10,14-17,20H2,1-2H3,(H,39,44)(H,40,45)(H,41,47)/t28-,30+/m1/s1. The van der Waals surface area contributed by atoms with Gasteiger partial charge in [-0.3, -0.25) is 19.2 Å². The van der Waals surface area contributed by atoms with Crippen molar-refractivity contribution in [2.24, 2.45) is 5.92 Å². The summed E-state index contributed by atoms with van der Waals surface area (Å²) in [6.45, 7) is 4.06. The number of nitriles is 1. The van der Waals surface area contributed by atoms with Crippen molar-refractivity contribution in [3.05, 3.63) is 65.0 Å². The van der Waals surface area contributed by atoms with Gasteiger partial charge in [0.2, 0.25) is 17.7 Å². The predicted molar refractivity (Wildman–Crippen MR) is 169 cm³/mol. The minimum Gasteiger partial charge on any atom is -0.344 e. The first-order valence-electron chi connectivity index (χ1n) is 16.0. The number of rotatable bonds is 11. The van der Waals surface area contributed by atoms with E-state index >= 15 is 13.2 Å². The zero-order valence-corrected chi connectivity index (χ0v) is 26.7. The quantitative estimate of drug-likeness (QED) is 0.339. The van der Waals surface area contributed by atoms with E-state index in [2.05, 4.69) is 20.9 Å². The number of piperazine rings is 1. The highest BCUT2D eigenvalue weighted by Crippen LogP contribution is 2.32. The van der Waals surface area contributed by atoms with E-state index in [1.54, 1.807) is 17.9 Å². The van der Waals surface area contributed by atoms with Crippen LogP contribution in [0.25, 0.3) is 0 Å². The van der Waals surface area contributed by atoms with Gasteiger partial charge in [0.05, 0.1) is 17.3 Å². The van der Waals surface area contributed by atoms with Crippen LogP contribution in [-0.2, 0) is 31.5 Å². The molecule has 2 aliphatic rings. The molecule has 252 valence electrons. The lowest BCUT2D eigenvalue weighted by molar-refractivity contribution is -0.149. The van der Waals surface area contributed by atoms with Gasteiger partial charge >= 0.3 is 5.92 Å². The first-order valence-corrected chi connectivity index (χ1v) is 16.0. The fraction of sp³-hybridized carbons (Fsp3) is 0.500. The molecular formula is C34H41F3N6O4. The van der Waals surface area contributed by atoms with Gasteiger partial charge in [-0.1, -0.05) is 44.4 Å². The van der Waals surface area contributed by atoms with E-state index in [9.17, 15) is 19.2 Å². The van der Waals surface area contributed by atoms with E-state index in [1.807, 2.05) is 7.05 Å². The van der Waals surface area contributed by atoms with Crippen LogP contribution >= 0.6 is 0 Å². The Balaban J connectivity index is 1.50. The van der Waals surface area contributed by atoms with Crippen LogP contribution in [0, 0.1) is 23.1 Å². The number of anilines is 1. The number of benzene rings is 2. The second-order valence-electron chi connectivity index (χ2n) is 12.2. The van der Waals surface area contributed by atoms with Crippen LogP contribution in [0.15, 0.2) is 42.5 Å². The molecule has 47 heavy (non-hydrogen) atoms. The van der Waals surface area contributed by atoms with E-state index in [0.717, 1.165) is 37.5 Å². The Hall–Kier alpha value is -4.44. The molecule has 4 rings (SSSR count). The molecular weight excluding hydrogens is 613 g/mol. The molecule has 10 nitrogen and oxygen atoms in total. The molecule has 1 aliphatic carbocycles. The summed E-state index contributed by atoms with van der Waals surface area (Å²) in [4.78, 5) is 55.7. The molecule has 0 unspecified atom stereocenters. The summed E-state index contributed by atoms with van der Waals surface area (Å²) in [6.07, 6.45) is 3.62. The maximum Gasteiger partial charge on any atom is 0.349 e. The summed E-state index contributed by atoms with van der Waals surface area (Å²) in [7, 11) is 1.96. The second-order valence-corrected chi connectivity index (χ2v) is 12.2. The first-order chi connectivity index (χ1) is 22.4. The maximum absolute atomic E-state index is 15.4. The van der Waals surface area contributed by atoms with Gasteiger partial charge in [-0.05, 0) is 55.6 Å². The smallest absolute Gasteiger partial charge is 0.344 e. The highest BCUT2D eigenvalue weighted by Gasteiger charge is 2.44. The van der Waals surface area contributed by atoms with Crippen LogP contribution in [-0.4, -0.2) is 78.7 Å². The van der Waals surface area contributed by atoms with E-state index in [4.69, 9.17) is 5.26 Å². The fourth-order valence-electron chi connectivity index (χ4n) is 5.99. The molecule has 2 fully saturated rings. The topological polar surface area (TPSA) is 135 Å². The molecule has 2 aromatic rings. The largest absolute Gasteiger partial charge is 0.349 e. The number of nitrogens with one attached hydrogen (secondary N) is 3. The molecule has 1 aliphatic heterocycles. The number of carbonyl (C=O) groups is 4. The predicted octanol–water partition coefficient (Wildman–Crippen LogP) is 3.70. The van der Waals surface area contributed by atoms with Gasteiger partial charge in [0.1, 0.15) is 17.9 Å². The number of carbonyl (C=O) groups excluding carboxylic acids is 4. The fourth-order valence-corrected chi connectivity index (χ4v) is 5.99. The van der Waals surface area contributed by atoms with Crippen LogP contribution in [0.1, 0.15) is 62.1 Å². The lowest BCUT2D eigenvalue weighted by Gasteiger charge is -2.34. The van der Waals surface area contributed by atoms with Crippen molar-refractivity contribution in [1.29, 1.82) is 5.26 Å². The lowest BCUT2D eigenvalue weighted by Crippen LogP contribution is -2.54. The van der Waals surface area contributed by atoms with Crippen LogP contribution in [0.3, 0.4) is 0 Å². The minimum atomic E-state index is -4.03. The first kappa shape index (κ1) is 35.4. The zero-order valence-electron chi connectivity index (χ0n) is 26.7. The number of hydrogen-bond donors (Lipinski definition) is 3. The second kappa shape index (κ2) is 15.9. The summed E-state index contributed by atoms with van der Waals surface area (Å²) >= 11 is 0. The van der Waals surface area contributed by atoms with E-state index in [-0.39, 0.29) is 35.9 Å². The molecule has 4 amide bonds. The summed E-state index contributed by atoms with van der Waals surface area (Å²) in [5, 5.41) is 16.5. The van der Waals surface area contributed by atoms with Crippen molar-refractivity contribution in [3.63, 3.8) is 0 Å². The van der Waals surface area contributed by atoms with Gasteiger partial charge < -0.3 is 25.8 Å². The van der Waals surface area contributed by atoms with Crippen molar-refractivity contribution < 1.29 is 32.3 Å². The number of hydrogen-bond acceptors (Lipinski definition) is 6. The molecule has 2 atom stereocenters. The van der Waals surface area contributed by atoms with Gasteiger partial charge in [0.25, 0.3) is 5.91 Å². The molecule has 0 bridgehead atoms. The molecule has 0 aromatic heterocycles. The van der Waals surface area contributed by atoms with Crippen molar-refractivity contribution in [1.82, 2.24) is 20.4 Å². The van der Waals surface area contributed by atoms with Gasteiger partial charge in [-0.15, -0.1) is 0 Å². The summed E-state index contributed by atoms with van der Waals surface area (Å²) in [6, 6.07) is 8.01. The monoisotopic (exact) mass is 654 g/mol. The summed E-state index contributed by atoms with van der Waals surface area (Å²) in [5.41, 5.74) is -0.543. The Morgan fingerprint density at radius 3 is 2.34 bits per heavy atom. The molecule has 13 heteroatoms. The van der Waals surface area contributed by atoms with Gasteiger partial charge in [-0.2, -0.15) is 14.0 Å². The average molecular weight is 655 g/mol. The number of halogens is 3. The van der Waals surface area contributed by atoms with Crippen LogP contribution in [0.5, 0.6) is 0 Å². The highest BCUT2D eigenvalue weighted by molar-refractivity contribution is 5.98. The third-order valence-corrected chi connectivity index (χ3v) is 8.83. The lowest BCUT2D eigenvalue weighted by atomic mass is 9.83. The van der Waals surface area contributed by atoms with Crippen molar-refractivity contribution in [2.75, 3.05) is 38.5 Å². The summed E-state index contributed by atoms with van der Waals surface area (Å²) < 4.78 is 45.8. The molecule has 0 spiro atoms. The Kier molecular flexibility index (Phi) is 12.0. The Labute approximate surface area is 272 Å². The highest BCUT2D eigenvalue weighted by atomic mass is 19.3. The normalized spacial score (nSPS) is 17.2. The van der Waals surface area contributed by atoms with Crippen molar-refractivity contribution in [2.45, 2.75) is 69.9 Å². The van der Waals surface area contributed by atoms with Crippen molar-refractivity contribution >= 4 is 29.3 Å². The minimum absolute atomic E-state index is 0.0187. The van der Waals surface area contributed by atoms with E-state index < -0.39 is 47.1 Å². The van der Waals surface area contributed by atoms with Crippen LogP contribution in [0.2, 0.25) is 0 Å². The Morgan fingerprint density at radius 1 is 1.00 bits per heavy atom. The third-order valence-electron chi connectivity index (χ3n) is 8.83. The zero-order chi connectivity index (χ0) is 34.1. The van der Waals surface area contributed by atoms with Gasteiger partial charge in [-0.25, -0.2) is 4.39 Å². The molecule has 1 heterocycles. The van der Waals surface area contributed by atoms with Gasteiger partial charge in [0.15, 0.2) is 0 Å². The number of nitrogens with zero attached hydrogens (tertiary/aromatic N) is 3. The van der Waals surface area contributed by atoms with E-state index in [1.165, 1.54) is 24.3 Å². The number of likely N-dealkylation sites (N-methyl/N-ethyl adjacent to an activating group) is 1. The molecule has 1 saturated carbocycles. The van der Waals surface area contributed by atoms with Crippen LogP contribution < -0.4 is 16.0 Å². The van der Waals surface area contributed by atoms with Crippen molar-refractivity contribution in [3.8, 4) is 6.07 Å². The maximum atomic E-state index is 15.4. The number of amides is 4. The molecule has 3 N–H and O–H groups in total. The average Bonchev–Trinajstić information content (AvgIpc) is 3.08. The van der Waals surface area contributed by atoms with Crippen LogP contribution in [0.4, 0.5) is 18.9 Å². The summed E-state index contributed by atoms with van der Waals surface area (Å²) in [5.74, 6) is -8.41. The third kappa shape index (κ3) is 9.10. The Bertz CT molecular complexity index is 1500. The molecule has 1 saturated heterocycles. The SMILES string of the molecule is CCC(=O)N[C@H](Cc1ccc(NC(=O)[C@@H](NC(=O)C(F)(F)c2cccc(C#N)c2)C2CCCCC2)c(F)c1)C(=O)N1CCN(C)CC1. The van der Waals surface area contributed by atoms with Gasteiger partial charge in [0, 0.05) is 44.6 Å². The Morgan fingerprint density at radius 2 is 1.70 bits per heavy atom. The molecule has 2 aromatic carbocycles. The van der Waals surface area contributed by atoms with E-state index in [0.29, 0.717) is 44.6 Å².